The molecule has 0 unspecified atom stereocenters. The van der Waals surface area contributed by atoms with Crippen LogP contribution in [0.4, 0.5) is 0 Å². The van der Waals surface area contributed by atoms with Gasteiger partial charge < -0.3 is 9.15 Å². The van der Waals surface area contributed by atoms with E-state index in [-0.39, 0.29) is 22.1 Å². The smallest absolute Gasteiger partial charge is 0.379 e. The van der Waals surface area contributed by atoms with Crippen molar-refractivity contribution >= 4 is 57.2 Å². The van der Waals surface area contributed by atoms with Crippen LogP contribution in [0.3, 0.4) is 0 Å². The van der Waals surface area contributed by atoms with Crippen LogP contribution in [0.2, 0.25) is 10.0 Å². The highest BCUT2D eigenvalue weighted by Gasteiger charge is 2.14. The fourth-order valence-electron chi connectivity index (χ4n) is 2.15. The molecule has 9 heteroatoms. The highest BCUT2D eigenvalue weighted by Crippen LogP contribution is 2.23. The van der Waals surface area contributed by atoms with Crippen molar-refractivity contribution in [2.45, 2.75) is 0 Å². The number of hydrogen-bond donors (Lipinski definition) is 1. The number of hydrazone groups is 1. The van der Waals surface area contributed by atoms with Crippen LogP contribution in [0.1, 0.15) is 26.5 Å². The Labute approximate surface area is 178 Å². The summed E-state index contributed by atoms with van der Waals surface area (Å²) in [5, 5.41) is 4.52. The van der Waals surface area contributed by atoms with Crippen molar-refractivity contribution in [1.29, 1.82) is 0 Å². The van der Waals surface area contributed by atoms with Crippen molar-refractivity contribution in [2.75, 3.05) is 0 Å². The van der Waals surface area contributed by atoms with Crippen molar-refractivity contribution in [2.24, 2.45) is 5.10 Å². The highest BCUT2D eigenvalue weighted by atomic mass is 79.9. The molecule has 0 aliphatic rings. The summed E-state index contributed by atoms with van der Waals surface area (Å²) in [5.74, 6) is -0.857. The molecule has 0 bridgehead atoms. The fraction of sp³-hybridized carbons (Fsp3) is 0. The number of carbonyl (C=O) groups is 2. The van der Waals surface area contributed by atoms with Gasteiger partial charge in [0.2, 0.25) is 5.76 Å². The summed E-state index contributed by atoms with van der Waals surface area (Å²) in [6.45, 7) is 0. The number of amides is 1. The maximum Gasteiger partial charge on any atom is 0.379 e. The minimum Gasteiger partial charge on any atom is -0.457 e. The predicted octanol–water partition coefficient (Wildman–Crippen LogP) is 5.33. The normalized spacial score (nSPS) is 10.8. The first-order valence-corrected chi connectivity index (χ1v) is 9.32. The Kier molecular flexibility index (Phi) is 6.51. The minimum absolute atomic E-state index is 0.0662. The molecule has 0 fully saturated rings. The number of nitrogens with one attached hydrogen (secondary N) is 1. The lowest BCUT2D eigenvalue weighted by atomic mass is 10.2. The van der Waals surface area contributed by atoms with Gasteiger partial charge in [-0.25, -0.2) is 10.2 Å². The third-order valence-electron chi connectivity index (χ3n) is 3.44. The van der Waals surface area contributed by atoms with Crippen LogP contribution in [-0.4, -0.2) is 18.1 Å². The third-order valence-corrected chi connectivity index (χ3v) is 4.48. The van der Waals surface area contributed by atoms with E-state index in [1.54, 1.807) is 30.3 Å². The molecule has 0 aliphatic heterocycles. The summed E-state index contributed by atoms with van der Waals surface area (Å²) in [6, 6.07) is 12.5. The van der Waals surface area contributed by atoms with Gasteiger partial charge in [0.1, 0.15) is 5.75 Å². The van der Waals surface area contributed by atoms with Crippen LogP contribution in [0, 0.1) is 0 Å². The maximum atomic E-state index is 12.2. The Morgan fingerprint density at radius 3 is 2.68 bits per heavy atom. The molecule has 142 valence electrons. The van der Waals surface area contributed by atoms with Crippen LogP contribution < -0.4 is 10.2 Å². The summed E-state index contributed by atoms with van der Waals surface area (Å²) in [4.78, 5) is 24.3. The molecule has 1 aromatic heterocycles. The van der Waals surface area contributed by atoms with Gasteiger partial charge in [-0.3, -0.25) is 4.79 Å². The van der Waals surface area contributed by atoms with E-state index < -0.39 is 11.9 Å². The molecule has 0 saturated heterocycles. The van der Waals surface area contributed by atoms with Crippen molar-refractivity contribution in [3.8, 4) is 5.75 Å². The number of ether oxygens (including phenoxy) is 1. The first kappa shape index (κ1) is 20.1. The molecule has 3 rings (SSSR count). The van der Waals surface area contributed by atoms with E-state index >= 15 is 0 Å². The second-order valence-corrected chi connectivity index (χ2v) is 7.13. The number of furan rings is 1. The van der Waals surface area contributed by atoms with Gasteiger partial charge >= 0.3 is 5.97 Å². The Morgan fingerprint density at radius 2 is 1.96 bits per heavy atom. The average molecular weight is 482 g/mol. The molecule has 3 aromatic rings. The standard InChI is InChI=1S/C19H11BrCl2N2O4/c20-12-3-6-16(28-19(26)17-2-1-7-27-17)11(8-12)10-23-24-18(25)14-5-4-13(21)9-15(14)22/h1-10H,(H,24,25). The zero-order valence-corrected chi connectivity index (χ0v) is 17.1. The molecule has 0 saturated carbocycles. The molecule has 0 radical (unpaired) electrons. The maximum absolute atomic E-state index is 12.2. The number of carbonyl (C=O) groups excluding carboxylic acids is 2. The topological polar surface area (TPSA) is 80.9 Å². The second kappa shape index (κ2) is 9.05. The quantitative estimate of drug-likeness (QED) is 0.231. The molecule has 6 nitrogen and oxygen atoms in total. The van der Waals surface area contributed by atoms with E-state index in [9.17, 15) is 9.59 Å². The van der Waals surface area contributed by atoms with Crippen LogP contribution in [0.5, 0.6) is 5.75 Å². The van der Waals surface area contributed by atoms with Crippen molar-refractivity contribution in [3.05, 3.63) is 86.2 Å². The van der Waals surface area contributed by atoms with Gasteiger partial charge in [0.05, 0.1) is 23.1 Å². The molecule has 0 spiro atoms. The zero-order valence-electron chi connectivity index (χ0n) is 14.0. The lowest BCUT2D eigenvalue weighted by Crippen LogP contribution is -2.18. The first-order chi connectivity index (χ1) is 13.4. The van der Waals surface area contributed by atoms with Gasteiger partial charge in [-0.2, -0.15) is 5.10 Å². The van der Waals surface area contributed by atoms with Gasteiger partial charge in [-0.1, -0.05) is 39.1 Å². The van der Waals surface area contributed by atoms with Crippen LogP contribution in [0.15, 0.2) is 68.8 Å². The molecular formula is C19H11BrCl2N2O4. The SMILES string of the molecule is O=C(Oc1ccc(Br)cc1C=NNC(=O)c1ccc(Cl)cc1Cl)c1ccco1. The number of rotatable bonds is 5. The van der Waals surface area contributed by atoms with E-state index in [1.807, 2.05) is 0 Å². The average Bonchev–Trinajstić information content (AvgIpc) is 3.18. The molecule has 1 N–H and O–H groups in total. The summed E-state index contributed by atoms with van der Waals surface area (Å²) in [5.41, 5.74) is 3.04. The Bertz CT molecular complexity index is 1050. The molecular weight excluding hydrogens is 471 g/mol. The van der Waals surface area contributed by atoms with E-state index in [0.29, 0.717) is 10.6 Å². The number of benzene rings is 2. The lowest BCUT2D eigenvalue weighted by molar-refractivity contribution is 0.0701. The zero-order chi connectivity index (χ0) is 20.1. The number of nitrogens with zero attached hydrogens (tertiary/aromatic N) is 1. The third kappa shape index (κ3) is 5.01. The van der Waals surface area contributed by atoms with Crippen LogP contribution in [-0.2, 0) is 0 Å². The van der Waals surface area contributed by atoms with E-state index in [4.69, 9.17) is 32.4 Å². The lowest BCUT2D eigenvalue weighted by Gasteiger charge is -2.07. The van der Waals surface area contributed by atoms with Crippen LogP contribution >= 0.6 is 39.1 Å². The van der Waals surface area contributed by atoms with Gasteiger partial charge in [0.25, 0.3) is 5.91 Å². The molecule has 1 amide bonds. The summed E-state index contributed by atoms with van der Waals surface area (Å²) < 4.78 is 11.1. The van der Waals surface area contributed by atoms with Crippen molar-refractivity contribution in [3.63, 3.8) is 0 Å². The highest BCUT2D eigenvalue weighted by molar-refractivity contribution is 9.10. The van der Waals surface area contributed by atoms with Crippen LogP contribution in [0.25, 0.3) is 0 Å². The first-order valence-electron chi connectivity index (χ1n) is 7.78. The summed E-state index contributed by atoms with van der Waals surface area (Å²) in [6.07, 6.45) is 2.72. The van der Waals surface area contributed by atoms with E-state index in [2.05, 4.69) is 26.5 Å². The largest absolute Gasteiger partial charge is 0.457 e. The van der Waals surface area contributed by atoms with Gasteiger partial charge in [-0.15, -0.1) is 0 Å². The summed E-state index contributed by atoms with van der Waals surface area (Å²) in [7, 11) is 0. The molecule has 2 aromatic carbocycles. The second-order valence-electron chi connectivity index (χ2n) is 5.37. The van der Waals surface area contributed by atoms with Gasteiger partial charge in [0.15, 0.2) is 0 Å². The molecule has 1 heterocycles. The molecule has 28 heavy (non-hydrogen) atoms. The minimum atomic E-state index is -0.654. The van der Waals surface area contributed by atoms with Gasteiger partial charge in [-0.05, 0) is 48.5 Å². The predicted molar refractivity (Wildman–Crippen MR) is 109 cm³/mol. The van der Waals surface area contributed by atoms with Crippen molar-refractivity contribution < 1.29 is 18.7 Å². The Balaban J connectivity index is 1.75. The Morgan fingerprint density at radius 1 is 1.14 bits per heavy atom. The number of halogens is 3. The monoisotopic (exact) mass is 480 g/mol. The fourth-order valence-corrected chi connectivity index (χ4v) is 3.03. The number of esters is 1. The Hall–Kier alpha value is -2.61. The molecule has 0 atom stereocenters. The summed E-state index contributed by atoms with van der Waals surface area (Å²) >= 11 is 15.2. The van der Waals surface area contributed by atoms with Gasteiger partial charge in [0, 0.05) is 15.1 Å². The van der Waals surface area contributed by atoms with Crippen molar-refractivity contribution in [1.82, 2.24) is 5.43 Å². The molecule has 0 aliphatic carbocycles. The van der Waals surface area contributed by atoms with E-state index in [1.165, 1.54) is 30.7 Å². The number of hydrogen-bond acceptors (Lipinski definition) is 5. The van der Waals surface area contributed by atoms with E-state index in [0.717, 1.165) is 4.47 Å².